The lowest BCUT2D eigenvalue weighted by Gasteiger charge is -2.36. The number of aryl methyl sites for hydroxylation is 1. The molecule has 3 aromatic rings. The fraction of sp³-hybridized carbons (Fsp3) is 0.208. The van der Waals surface area contributed by atoms with Crippen molar-refractivity contribution in [1.82, 2.24) is 4.31 Å². The summed E-state index contributed by atoms with van der Waals surface area (Å²) in [6.07, 6.45) is 0. The molecule has 0 aromatic heterocycles. The number of halogens is 1. The molecule has 0 bridgehead atoms. The quantitative estimate of drug-likeness (QED) is 0.387. The Balaban J connectivity index is 1.52. The van der Waals surface area contributed by atoms with Crippen LogP contribution in [-0.4, -0.2) is 49.7 Å². The molecule has 0 saturated carbocycles. The minimum Gasteiger partial charge on any atom is -0.366 e. The van der Waals surface area contributed by atoms with E-state index in [0.717, 1.165) is 5.56 Å². The predicted octanol–water partition coefficient (Wildman–Crippen LogP) is 4.32. The number of para-hydroxylation sites is 1. The normalized spacial score (nSPS) is 14.5. The molecule has 1 aliphatic heterocycles. The topological polar surface area (TPSA) is 113 Å². The molecular formula is C24H23ClN4O5S. The molecule has 1 heterocycles. The van der Waals surface area contributed by atoms with Crippen molar-refractivity contribution in [3.8, 4) is 0 Å². The van der Waals surface area contributed by atoms with Gasteiger partial charge in [-0.3, -0.25) is 14.9 Å². The summed E-state index contributed by atoms with van der Waals surface area (Å²) in [5.74, 6) is -0.516. The second-order valence-corrected chi connectivity index (χ2v) is 10.4. The van der Waals surface area contributed by atoms with Crippen molar-refractivity contribution in [3.63, 3.8) is 0 Å². The molecule has 0 atom stereocenters. The van der Waals surface area contributed by atoms with Gasteiger partial charge in [0.25, 0.3) is 11.6 Å². The molecule has 4 rings (SSSR count). The first-order chi connectivity index (χ1) is 16.7. The molecule has 9 nitrogen and oxygen atoms in total. The van der Waals surface area contributed by atoms with E-state index in [-0.39, 0.29) is 29.2 Å². The van der Waals surface area contributed by atoms with Crippen LogP contribution in [0.15, 0.2) is 71.6 Å². The second kappa shape index (κ2) is 10.0. The molecule has 1 saturated heterocycles. The number of carbonyl (C=O) groups excluding carboxylic acids is 1. The van der Waals surface area contributed by atoms with Crippen molar-refractivity contribution in [2.75, 3.05) is 36.4 Å². The van der Waals surface area contributed by atoms with E-state index in [0.29, 0.717) is 29.5 Å². The number of nitro groups is 1. The maximum atomic E-state index is 13.0. The molecule has 0 radical (unpaired) electrons. The average Bonchev–Trinajstić information content (AvgIpc) is 2.84. The molecule has 1 fully saturated rings. The molecule has 3 aromatic carbocycles. The van der Waals surface area contributed by atoms with Crippen LogP contribution >= 0.6 is 11.6 Å². The Bertz CT molecular complexity index is 1370. The number of anilines is 2. The SMILES string of the molecule is Cc1ccc(S(=O)(=O)N2CCN(c3c(Cl)cccc3NC(=O)c3cccc([N+](=O)[O-])c3)CC2)cc1. The van der Waals surface area contributed by atoms with Gasteiger partial charge in [0.2, 0.25) is 10.0 Å². The zero-order chi connectivity index (χ0) is 25.2. The van der Waals surface area contributed by atoms with Crippen molar-refractivity contribution < 1.29 is 18.1 Å². The smallest absolute Gasteiger partial charge is 0.270 e. The Hall–Kier alpha value is -3.47. The van der Waals surface area contributed by atoms with E-state index < -0.39 is 20.9 Å². The van der Waals surface area contributed by atoms with Crippen molar-refractivity contribution in [2.24, 2.45) is 0 Å². The van der Waals surface area contributed by atoms with Gasteiger partial charge in [0.05, 0.1) is 26.2 Å². The Labute approximate surface area is 208 Å². The molecular weight excluding hydrogens is 492 g/mol. The van der Waals surface area contributed by atoms with Crippen LogP contribution in [0.1, 0.15) is 15.9 Å². The van der Waals surface area contributed by atoms with Gasteiger partial charge in [0, 0.05) is 43.9 Å². The van der Waals surface area contributed by atoms with E-state index in [1.54, 1.807) is 42.5 Å². The van der Waals surface area contributed by atoms with Crippen LogP contribution < -0.4 is 10.2 Å². The third-order valence-electron chi connectivity index (χ3n) is 5.77. The summed E-state index contributed by atoms with van der Waals surface area (Å²) in [7, 11) is -3.62. The largest absolute Gasteiger partial charge is 0.366 e. The van der Waals surface area contributed by atoms with Gasteiger partial charge in [-0.1, -0.05) is 41.4 Å². The maximum absolute atomic E-state index is 13.0. The van der Waals surface area contributed by atoms with Gasteiger partial charge in [0.1, 0.15) is 0 Å². The van der Waals surface area contributed by atoms with Crippen LogP contribution in [0.2, 0.25) is 5.02 Å². The number of piperazine rings is 1. The highest BCUT2D eigenvalue weighted by Crippen LogP contribution is 2.35. The molecule has 1 aliphatic rings. The zero-order valence-corrected chi connectivity index (χ0v) is 20.4. The lowest BCUT2D eigenvalue weighted by molar-refractivity contribution is -0.384. The van der Waals surface area contributed by atoms with Crippen molar-refractivity contribution in [2.45, 2.75) is 11.8 Å². The third kappa shape index (κ3) is 5.29. The third-order valence-corrected chi connectivity index (χ3v) is 7.99. The second-order valence-electron chi connectivity index (χ2n) is 8.10. The van der Waals surface area contributed by atoms with Crippen molar-refractivity contribution in [1.29, 1.82) is 0 Å². The van der Waals surface area contributed by atoms with E-state index in [1.807, 2.05) is 11.8 Å². The molecule has 1 amide bonds. The predicted molar refractivity (Wildman–Crippen MR) is 135 cm³/mol. The monoisotopic (exact) mass is 514 g/mol. The summed E-state index contributed by atoms with van der Waals surface area (Å²) < 4.78 is 27.5. The molecule has 182 valence electrons. The highest BCUT2D eigenvalue weighted by atomic mass is 35.5. The van der Waals surface area contributed by atoms with Gasteiger partial charge in [0.15, 0.2) is 0 Å². The summed E-state index contributed by atoms with van der Waals surface area (Å²) in [6.45, 7) is 3.14. The van der Waals surface area contributed by atoms with Gasteiger partial charge in [-0.2, -0.15) is 4.31 Å². The van der Waals surface area contributed by atoms with Crippen LogP contribution in [0.3, 0.4) is 0 Å². The lowest BCUT2D eigenvalue weighted by atomic mass is 10.1. The number of amides is 1. The summed E-state index contributed by atoms with van der Waals surface area (Å²) >= 11 is 6.48. The highest BCUT2D eigenvalue weighted by molar-refractivity contribution is 7.89. The molecule has 0 aliphatic carbocycles. The molecule has 0 spiro atoms. The Morgan fingerprint density at radius 2 is 1.66 bits per heavy atom. The minimum atomic E-state index is -3.62. The van der Waals surface area contributed by atoms with Crippen LogP contribution in [-0.2, 0) is 10.0 Å². The molecule has 0 unspecified atom stereocenters. The molecule has 35 heavy (non-hydrogen) atoms. The van der Waals surface area contributed by atoms with Gasteiger partial charge >= 0.3 is 0 Å². The number of nitrogens with zero attached hydrogens (tertiary/aromatic N) is 3. The summed E-state index contributed by atoms with van der Waals surface area (Å²) in [4.78, 5) is 25.5. The average molecular weight is 515 g/mol. The van der Waals surface area contributed by atoms with E-state index in [1.165, 1.54) is 28.6 Å². The number of non-ortho nitro benzene ring substituents is 1. The fourth-order valence-corrected chi connectivity index (χ4v) is 5.62. The van der Waals surface area contributed by atoms with Crippen LogP contribution in [0.5, 0.6) is 0 Å². The number of hydrogen-bond acceptors (Lipinski definition) is 6. The van der Waals surface area contributed by atoms with E-state index in [4.69, 9.17) is 11.6 Å². The van der Waals surface area contributed by atoms with E-state index >= 15 is 0 Å². The van der Waals surface area contributed by atoms with E-state index in [2.05, 4.69) is 5.32 Å². The Kier molecular flexibility index (Phi) is 7.06. The standard InChI is InChI=1S/C24H23ClN4O5S/c1-17-8-10-20(11-9-17)35(33,34)28-14-12-27(13-15-28)23-21(25)6-3-7-22(23)26-24(30)18-4-2-5-19(16-18)29(31)32/h2-11,16H,12-15H2,1H3,(H,26,30). The molecule has 1 N–H and O–H groups in total. The minimum absolute atomic E-state index is 0.138. The number of benzene rings is 3. The Morgan fingerprint density at radius 3 is 2.31 bits per heavy atom. The number of sulfonamides is 1. The summed E-state index contributed by atoms with van der Waals surface area (Å²) in [5.41, 5.74) is 1.94. The number of nitrogens with one attached hydrogen (secondary N) is 1. The van der Waals surface area contributed by atoms with Gasteiger partial charge in [-0.25, -0.2) is 8.42 Å². The maximum Gasteiger partial charge on any atom is 0.270 e. The van der Waals surface area contributed by atoms with Crippen LogP contribution in [0, 0.1) is 17.0 Å². The number of carbonyl (C=O) groups is 1. The van der Waals surface area contributed by atoms with Crippen LogP contribution in [0.25, 0.3) is 0 Å². The molecule has 11 heteroatoms. The van der Waals surface area contributed by atoms with Crippen LogP contribution in [0.4, 0.5) is 17.1 Å². The summed E-state index contributed by atoms with van der Waals surface area (Å²) in [6, 6.07) is 17.3. The fourth-order valence-electron chi connectivity index (χ4n) is 3.90. The van der Waals surface area contributed by atoms with E-state index in [9.17, 15) is 23.3 Å². The van der Waals surface area contributed by atoms with Gasteiger partial charge < -0.3 is 10.2 Å². The van der Waals surface area contributed by atoms with Crippen molar-refractivity contribution in [3.05, 3.63) is 93.0 Å². The highest BCUT2D eigenvalue weighted by Gasteiger charge is 2.30. The van der Waals surface area contributed by atoms with Gasteiger partial charge in [-0.05, 0) is 37.3 Å². The zero-order valence-electron chi connectivity index (χ0n) is 18.8. The lowest BCUT2D eigenvalue weighted by Crippen LogP contribution is -2.49. The number of nitro benzene ring substituents is 1. The Morgan fingerprint density at radius 1 is 1.00 bits per heavy atom. The first kappa shape index (κ1) is 24.6. The first-order valence-electron chi connectivity index (χ1n) is 10.8. The number of hydrogen-bond donors (Lipinski definition) is 1. The first-order valence-corrected chi connectivity index (χ1v) is 12.6. The van der Waals surface area contributed by atoms with Crippen molar-refractivity contribution >= 4 is 44.6 Å². The number of rotatable bonds is 6. The van der Waals surface area contributed by atoms with Gasteiger partial charge in [-0.15, -0.1) is 0 Å². The summed E-state index contributed by atoms with van der Waals surface area (Å²) in [5, 5.41) is 14.2.